The normalized spacial score (nSPS) is 9.58. The molecular formula is C24H38N4O3. The summed E-state index contributed by atoms with van der Waals surface area (Å²) in [7, 11) is 1.39. The minimum absolute atomic E-state index is 0. The number of aromatic nitrogens is 1. The zero-order valence-corrected chi connectivity index (χ0v) is 18.9. The number of nitrogens with one attached hydrogen (secondary N) is 1. The lowest BCUT2D eigenvalue weighted by Crippen LogP contribution is -2.32. The summed E-state index contributed by atoms with van der Waals surface area (Å²) >= 11 is 0. The Bertz CT molecular complexity index is 847. The van der Waals surface area contributed by atoms with Gasteiger partial charge in [0.1, 0.15) is 0 Å². The molecule has 1 heterocycles. The molecule has 0 atom stereocenters. The topological polar surface area (TPSA) is 101 Å². The molecule has 0 aliphatic rings. The first-order valence-corrected chi connectivity index (χ1v) is 10.4. The largest absolute Gasteiger partial charge is 0.453 e. The molecule has 0 saturated heterocycles. The third-order valence-electron chi connectivity index (χ3n) is 4.52. The number of aryl methyl sites for hydroxylation is 1. The molecule has 0 radical (unpaired) electrons. The van der Waals surface area contributed by atoms with Crippen molar-refractivity contribution in [1.82, 2.24) is 9.88 Å². The summed E-state index contributed by atoms with van der Waals surface area (Å²) in [6, 6.07) is 9.48. The van der Waals surface area contributed by atoms with Crippen LogP contribution in [0.4, 0.5) is 16.2 Å². The van der Waals surface area contributed by atoms with Crippen LogP contribution in [0.2, 0.25) is 0 Å². The number of nitrogens with two attached hydrogens (primary N) is 1. The van der Waals surface area contributed by atoms with Crippen molar-refractivity contribution in [2.24, 2.45) is 0 Å². The van der Waals surface area contributed by atoms with Crippen LogP contribution >= 0.6 is 0 Å². The molecule has 1 aromatic heterocycles. The molecule has 7 nitrogen and oxygen atoms in total. The third kappa shape index (κ3) is 9.41. The first kappa shape index (κ1) is 25.8. The molecule has 4 N–H and O–H groups in total. The van der Waals surface area contributed by atoms with Crippen LogP contribution in [-0.2, 0) is 17.6 Å². The van der Waals surface area contributed by atoms with Gasteiger partial charge in [0.05, 0.1) is 24.7 Å². The molecule has 7 heteroatoms. The Morgan fingerprint density at radius 3 is 2.58 bits per heavy atom. The van der Waals surface area contributed by atoms with Crippen LogP contribution in [-0.4, -0.2) is 41.4 Å². The summed E-state index contributed by atoms with van der Waals surface area (Å²) in [5, 5.41) is 9.14. The number of methoxy groups -OCH3 is 1. The lowest BCUT2D eigenvalue weighted by molar-refractivity contribution is 0.124. The van der Waals surface area contributed by atoms with E-state index in [1.165, 1.54) is 7.11 Å². The number of nitrogens with zero attached hydrogens (tertiary/aromatic N) is 2. The van der Waals surface area contributed by atoms with E-state index in [0.29, 0.717) is 25.9 Å². The fourth-order valence-electron chi connectivity index (χ4n) is 2.93. The summed E-state index contributed by atoms with van der Waals surface area (Å²) in [4.78, 5) is 17.2. The Labute approximate surface area is 188 Å². The predicted molar refractivity (Wildman–Crippen MR) is 129 cm³/mol. The van der Waals surface area contributed by atoms with Gasteiger partial charge in [0.15, 0.2) is 0 Å². The van der Waals surface area contributed by atoms with Gasteiger partial charge in [-0.25, -0.2) is 4.79 Å². The Balaban J connectivity index is 0. The molecule has 31 heavy (non-hydrogen) atoms. The van der Waals surface area contributed by atoms with E-state index in [0.717, 1.165) is 41.0 Å². The smallest absolute Gasteiger partial charge is 0.409 e. The molecule has 0 bridgehead atoms. The van der Waals surface area contributed by atoms with Crippen LogP contribution in [0.5, 0.6) is 0 Å². The van der Waals surface area contributed by atoms with Gasteiger partial charge < -0.3 is 15.4 Å². The SMILES string of the molecule is CCCN(CCC#CCc1cccc(NO)c1CC)C(=O)OC.Cc1ccc(N)cn1.[HH].[HH]. The highest BCUT2D eigenvalue weighted by atomic mass is 16.5. The van der Waals surface area contributed by atoms with Gasteiger partial charge in [0.25, 0.3) is 0 Å². The number of carbonyl (C=O) groups excluding carboxylic acids is 1. The number of benzene rings is 1. The fraction of sp³-hybridized carbons (Fsp3) is 0.417. The Hall–Kier alpha value is -3.24. The highest BCUT2D eigenvalue weighted by molar-refractivity contribution is 5.67. The molecule has 0 fully saturated rings. The van der Waals surface area contributed by atoms with Gasteiger partial charge in [0, 0.05) is 34.5 Å². The van der Waals surface area contributed by atoms with Crippen LogP contribution in [0.25, 0.3) is 0 Å². The van der Waals surface area contributed by atoms with Crippen molar-refractivity contribution in [3.05, 3.63) is 53.3 Å². The molecule has 0 aliphatic heterocycles. The number of carbonyl (C=O) groups is 1. The summed E-state index contributed by atoms with van der Waals surface area (Å²) in [5.74, 6) is 6.25. The van der Waals surface area contributed by atoms with Crippen molar-refractivity contribution in [2.45, 2.75) is 46.5 Å². The molecule has 0 unspecified atom stereocenters. The van der Waals surface area contributed by atoms with Gasteiger partial charge in [0.2, 0.25) is 0 Å². The van der Waals surface area contributed by atoms with Crippen molar-refractivity contribution in [3.63, 3.8) is 0 Å². The quantitative estimate of drug-likeness (QED) is 0.425. The number of amides is 1. The zero-order chi connectivity index (χ0) is 23.1. The van der Waals surface area contributed by atoms with Crippen molar-refractivity contribution >= 4 is 17.5 Å². The van der Waals surface area contributed by atoms with Gasteiger partial charge in [-0.15, -0.1) is 5.92 Å². The molecular weight excluding hydrogens is 392 g/mol. The van der Waals surface area contributed by atoms with Gasteiger partial charge in [-0.3, -0.25) is 15.7 Å². The van der Waals surface area contributed by atoms with Crippen molar-refractivity contribution in [3.8, 4) is 11.8 Å². The molecule has 0 saturated carbocycles. The molecule has 0 aliphatic carbocycles. The first-order chi connectivity index (χ1) is 15.0. The first-order valence-electron chi connectivity index (χ1n) is 10.4. The zero-order valence-electron chi connectivity index (χ0n) is 18.9. The van der Waals surface area contributed by atoms with E-state index >= 15 is 0 Å². The molecule has 0 spiro atoms. The summed E-state index contributed by atoms with van der Waals surface area (Å²) < 4.78 is 4.76. The van der Waals surface area contributed by atoms with Crippen molar-refractivity contribution in [1.29, 1.82) is 0 Å². The van der Waals surface area contributed by atoms with E-state index in [1.54, 1.807) is 11.1 Å². The van der Waals surface area contributed by atoms with Crippen LogP contribution < -0.4 is 11.2 Å². The second-order valence-corrected chi connectivity index (χ2v) is 6.88. The molecule has 2 aromatic rings. The van der Waals surface area contributed by atoms with Gasteiger partial charge >= 0.3 is 6.09 Å². The Morgan fingerprint density at radius 2 is 2.03 bits per heavy atom. The van der Waals surface area contributed by atoms with Crippen LogP contribution in [0.3, 0.4) is 0 Å². The van der Waals surface area contributed by atoms with E-state index in [-0.39, 0.29) is 8.95 Å². The van der Waals surface area contributed by atoms with E-state index in [9.17, 15) is 4.79 Å². The van der Waals surface area contributed by atoms with E-state index in [4.69, 9.17) is 15.7 Å². The van der Waals surface area contributed by atoms with Crippen molar-refractivity contribution < 1.29 is 17.6 Å². The Kier molecular flexibility index (Phi) is 12.2. The summed E-state index contributed by atoms with van der Waals surface area (Å²) in [6.45, 7) is 7.26. The van der Waals surface area contributed by atoms with Crippen LogP contribution in [0.1, 0.15) is 46.4 Å². The average molecular weight is 431 g/mol. The number of nitrogen functional groups attached to an aromatic ring is 1. The van der Waals surface area contributed by atoms with Crippen molar-refractivity contribution in [2.75, 3.05) is 31.4 Å². The number of rotatable bonds is 7. The molecule has 2 rings (SSSR count). The maximum Gasteiger partial charge on any atom is 0.409 e. The number of anilines is 2. The second-order valence-electron chi connectivity index (χ2n) is 6.88. The second kappa shape index (κ2) is 14.7. The van der Waals surface area contributed by atoms with Gasteiger partial charge in [-0.2, -0.15) is 0 Å². The molecule has 172 valence electrons. The maximum atomic E-state index is 11.6. The molecule has 1 aromatic carbocycles. The molecule has 1 amide bonds. The number of hydrogen-bond donors (Lipinski definition) is 3. The minimum Gasteiger partial charge on any atom is -0.453 e. The highest BCUT2D eigenvalue weighted by Gasteiger charge is 2.10. The fourth-order valence-corrected chi connectivity index (χ4v) is 2.93. The van der Waals surface area contributed by atoms with Gasteiger partial charge in [-0.1, -0.05) is 31.9 Å². The lowest BCUT2D eigenvalue weighted by Gasteiger charge is -2.18. The minimum atomic E-state index is -0.302. The number of hydrogen-bond acceptors (Lipinski definition) is 6. The summed E-state index contributed by atoms with van der Waals surface area (Å²) in [5.41, 5.74) is 12.2. The summed E-state index contributed by atoms with van der Waals surface area (Å²) in [6.07, 6.45) is 4.31. The number of pyridine rings is 1. The Morgan fingerprint density at radius 1 is 1.26 bits per heavy atom. The third-order valence-corrected chi connectivity index (χ3v) is 4.52. The number of ether oxygens (including phenoxy) is 1. The highest BCUT2D eigenvalue weighted by Crippen LogP contribution is 2.20. The van der Waals surface area contributed by atoms with Crippen LogP contribution in [0.15, 0.2) is 36.5 Å². The van der Waals surface area contributed by atoms with E-state index in [2.05, 4.69) is 22.3 Å². The maximum absolute atomic E-state index is 11.6. The van der Waals surface area contributed by atoms with E-state index in [1.807, 2.05) is 51.1 Å². The standard InChI is InChI=1S/C18H26N2O3.C6H8N2.2H2/c1-4-13-20(18(21)23-3)14-8-6-7-10-15-11-9-12-17(19-22)16(15)5-2;1-5-2-3-6(7)4-8-5;;/h9,11-12,19,22H,4-5,8,10,13-14H2,1-3H3;2-4H,7H2,1H3;2*1H. The van der Waals surface area contributed by atoms with Crippen LogP contribution in [0, 0.1) is 18.8 Å². The van der Waals surface area contributed by atoms with E-state index < -0.39 is 0 Å². The predicted octanol–water partition coefficient (Wildman–Crippen LogP) is 4.93. The monoisotopic (exact) mass is 430 g/mol. The van der Waals surface area contributed by atoms with Gasteiger partial charge in [-0.05, 0) is 49.1 Å². The average Bonchev–Trinajstić information content (AvgIpc) is 2.79. The lowest BCUT2D eigenvalue weighted by atomic mass is 10.0.